The molecule has 0 amide bonds. The number of ether oxygens (including phenoxy) is 2. The Kier molecular flexibility index (Phi) is 7.76. The topological polar surface area (TPSA) is 49.3 Å². The highest BCUT2D eigenvalue weighted by molar-refractivity contribution is 5.80. The maximum absolute atomic E-state index is 5.45. The summed E-state index contributed by atoms with van der Waals surface area (Å²) in [6.45, 7) is 8.02. The lowest BCUT2D eigenvalue weighted by molar-refractivity contribution is 0.134. The van der Waals surface area contributed by atoms with E-state index in [1.54, 1.807) is 7.11 Å². The van der Waals surface area contributed by atoms with Crippen LogP contribution in [0.4, 0.5) is 5.69 Å². The maximum Gasteiger partial charge on any atom is 0.194 e. The molecule has 2 aromatic rings. The van der Waals surface area contributed by atoms with Crippen molar-refractivity contribution in [3.63, 3.8) is 0 Å². The summed E-state index contributed by atoms with van der Waals surface area (Å²) in [7, 11) is 3.55. The van der Waals surface area contributed by atoms with Crippen molar-refractivity contribution in [2.24, 2.45) is 4.99 Å². The smallest absolute Gasteiger partial charge is 0.194 e. The fourth-order valence-electron chi connectivity index (χ4n) is 3.46. The fourth-order valence-corrected chi connectivity index (χ4v) is 3.46. The van der Waals surface area contributed by atoms with Crippen LogP contribution in [0.1, 0.15) is 18.1 Å². The summed E-state index contributed by atoms with van der Waals surface area (Å²) in [4.78, 5) is 9.21. The lowest BCUT2D eigenvalue weighted by Gasteiger charge is -2.37. The highest BCUT2D eigenvalue weighted by atomic mass is 16.5. The number of hydrogen-bond donors (Lipinski definition) is 1. The van der Waals surface area contributed by atoms with Gasteiger partial charge in [0.15, 0.2) is 5.96 Å². The lowest BCUT2D eigenvalue weighted by atomic mass is 10.1. The van der Waals surface area contributed by atoms with Gasteiger partial charge in [-0.2, -0.15) is 0 Å². The van der Waals surface area contributed by atoms with Crippen molar-refractivity contribution in [3.8, 4) is 5.75 Å². The summed E-state index contributed by atoms with van der Waals surface area (Å²) >= 11 is 0. The third kappa shape index (κ3) is 5.87. The number of aliphatic imine (C=N–C) groups is 1. The minimum absolute atomic E-state index is 0.671. The molecule has 1 saturated heterocycles. The highest BCUT2D eigenvalue weighted by Crippen LogP contribution is 2.20. The molecule has 2 aromatic carbocycles. The van der Waals surface area contributed by atoms with Crippen LogP contribution in [0.15, 0.2) is 53.5 Å². The van der Waals surface area contributed by atoms with E-state index in [-0.39, 0.29) is 0 Å². The Labute approximate surface area is 174 Å². The van der Waals surface area contributed by atoms with Crippen LogP contribution in [0.3, 0.4) is 0 Å². The first-order valence-electron chi connectivity index (χ1n) is 10.2. The van der Waals surface area contributed by atoms with Gasteiger partial charge in [-0.15, -0.1) is 0 Å². The Hall–Kier alpha value is -2.73. The Bertz CT molecular complexity index is 766. The molecule has 1 aliphatic rings. The van der Waals surface area contributed by atoms with Gasteiger partial charge in [-0.25, -0.2) is 0 Å². The molecule has 1 aliphatic heterocycles. The van der Waals surface area contributed by atoms with E-state index >= 15 is 0 Å². The molecule has 1 N–H and O–H groups in total. The van der Waals surface area contributed by atoms with Gasteiger partial charge in [-0.1, -0.05) is 24.3 Å². The van der Waals surface area contributed by atoms with E-state index in [1.165, 1.54) is 16.8 Å². The zero-order valence-corrected chi connectivity index (χ0v) is 17.7. The molecule has 0 bridgehead atoms. The van der Waals surface area contributed by atoms with Crippen molar-refractivity contribution in [3.05, 3.63) is 59.7 Å². The molecular formula is C23H32N4O2. The lowest BCUT2D eigenvalue weighted by Crippen LogP contribution is -2.52. The van der Waals surface area contributed by atoms with Gasteiger partial charge in [0, 0.05) is 52.1 Å². The molecule has 0 aliphatic carbocycles. The van der Waals surface area contributed by atoms with Crippen LogP contribution in [-0.4, -0.2) is 57.8 Å². The zero-order chi connectivity index (χ0) is 20.5. The number of piperazine rings is 1. The molecule has 1 fully saturated rings. The number of nitrogens with one attached hydrogen (secondary N) is 1. The monoisotopic (exact) mass is 396 g/mol. The van der Waals surface area contributed by atoms with Crippen LogP contribution in [-0.2, 0) is 17.9 Å². The van der Waals surface area contributed by atoms with Crippen LogP contribution < -0.4 is 15.0 Å². The van der Waals surface area contributed by atoms with E-state index in [0.29, 0.717) is 6.61 Å². The third-order valence-electron chi connectivity index (χ3n) is 5.18. The molecule has 0 aromatic heterocycles. The largest absolute Gasteiger partial charge is 0.497 e. The number of anilines is 1. The second-order valence-electron chi connectivity index (χ2n) is 7.03. The predicted molar refractivity (Wildman–Crippen MR) is 119 cm³/mol. The number of guanidine groups is 1. The second-order valence-corrected chi connectivity index (χ2v) is 7.03. The van der Waals surface area contributed by atoms with Crippen LogP contribution in [0.25, 0.3) is 0 Å². The minimum atomic E-state index is 0.671. The van der Waals surface area contributed by atoms with Gasteiger partial charge >= 0.3 is 0 Å². The van der Waals surface area contributed by atoms with Crippen molar-refractivity contribution >= 4 is 11.6 Å². The molecule has 3 rings (SSSR count). The second kappa shape index (κ2) is 10.7. The minimum Gasteiger partial charge on any atom is -0.497 e. The van der Waals surface area contributed by atoms with Crippen LogP contribution in [0.2, 0.25) is 0 Å². The number of methoxy groups -OCH3 is 1. The Morgan fingerprint density at radius 2 is 1.62 bits per heavy atom. The molecule has 6 nitrogen and oxygen atoms in total. The van der Waals surface area contributed by atoms with Gasteiger partial charge in [0.25, 0.3) is 0 Å². The van der Waals surface area contributed by atoms with Crippen molar-refractivity contribution in [1.29, 1.82) is 0 Å². The standard InChI is InChI=1S/C23H32N4O2/c1-4-29-18-20-7-5-19(6-8-20)17-25-23(24-2)27-15-13-26(14-16-27)21-9-11-22(28-3)12-10-21/h5-12H,4,13-18H2,1-3H3,(H,24,25). The molecule has 6 heteroatoms. The number of nitrogens with zero attached hydrogens (tertiary/aromatic N) is 3. The average molecular weight is 397 g/mol. The molecule has 156 valence electrons. The number of benzene rings is 2. The van der Waals surface area contributed by atoms with Crippen molar-refractivity contribution < 1.29 is 9.47 Å². The van der Waals surface area contributed by atoms with E-state index in [1.807, 2.05) is 26.1 Å². The maximum atomic E-state index is 5.45. The summed E-state index contributed by atoms with van der Waals surface area (Å²) in [5, 5.41) is 3.50. The molecule has 0 saturated carbocycles. The van der Waals surface area contributed by atoms with Gasteiger partial charge in [0.05, 0.1) is 13.7 Å². The number of hydrogen-bond acceptors (Lipinski definition) is 4. The third-order valence-corrected chi connectivity index (χ3v) is 5.18. The summed E-state index contributed by atoms with van der Waals surface area (Å²) in [5.41, 5.74) is 3.68. The molecular weight excluding hydrogens is 364 g/mol. The molecule has 0 atom stereocenters. The van der Waals surface area contributed by atoms with Crippen molar-refractivity contribution in [2.45, 2.75) is 20.1 Å². The van der Waals surface area contributed by atoms with Crippen molar-refractivity contribution in [2.75, 3.05) is 51.8 Å². The van der Waals surface area contributed by atoms with E-state index in [4.69, 9.17) is 9.47 Å². The summed E-state index contributed by atoms with van der Waals surface area (Å²) in [6, 6.07) is 16.8. The van der Waals surface area contributed by atoms with Gasteiger partial charge in [0.2, 0.25) is 0 Å². The first-order chi connectivity index (χ1) is 14.2. The van der Waals surface area contributed by atoms with Gasteiger partial charge in [0.1, 0.15) is 5.75 Å². The quantitative estimate of drug-likeness (QED) is 0.576. The first-order valence-corrected chi connectivity index (χ1v) is 10.2. The predicted octanol–water partition coefficient (Wildman–Crippen LogP) is 3.13. The van der Waals surface area contributed by atoms with Gasteiger partial charge < -0.3 is 24.6 Å². The van der Waals surface area contributed by atoms with Crippen LogP contribution in [0.5, 0.6) is 5.75 Å². The normalized spacial score (nSPS) is 14.8. The van der Waals surface area contributed by atoms with Gasteiger partial charge in [-0.05, 0) is 42.3 Å². The van der Waals surface area contributed by atoms with E-state index in [9.17, 15) is 0 Å². The highest BCUT2D eigenvalue weighted by Gasteiger charge is 2.19. The zero-order valence-electron chi connectivity index (χ0n) is 17.7. The number of rotatable bonds is 7. The van der Waals surface area contributed by atoms with Gasteiger partial charge in [-0.3, -0.25) is 4.99 Å². The summed E-state index contributed by atoms with van der Waals surface area (Å²) < 4.78 is 10.7. The molecule has 0 spiro atoms. The van der Waals surface area contributed by atoms with Crippen LogP contribution in [0, 0.1) is 0 Å². The van der Waals surface area contributed by atoms with E-state index < -0.39 is 0 Å². The molecule has 0 unspecified atom stereocenters. The SMILES string of the molecule is CCOCc1ccc(CNC(=NC)N2CCN(c3ccc(OC)cc3)CC2)cc1. The molecule has 0 radical (unpaired) electrons. The summed E-state index contributed by atoms with van der Waals surface area (Å²) in [6.07, 6.45) is 0. The van der Waals surface area contributed by atoms with E-state index in [0.717, 1.165) is 51.0 Å². The van der Waals surface area contributed by atoms with Crippen LogP contribution >= 0.6 is 0 Å². The summed E-state index contributed by atoms with van der Waals surface area (Å²) in [5.74, 6) is 1.85. The Morgan fingerprint density at radius 3 is 2.21 bits per heavy atom. The van der Waals surface area contributed by atoms with E-state index in [2.05, 4.69) is 56.5 Å². The fraction of sp³-hybridized carbons (Fsp3) is 0.435. The van der Waals surface area contributed by atoms with Crippen molar-refractivity contribution in [1.82, 2.24) is 10.2 Å². The Balaban J connectivity index is 1.48. The molecule has 29 heavy (non-hydrogen) atoms. The first kappa shape index (κ1) is 21.0. The Morgan fingerprint density at radius 1 is 0.966 bits per heavy atom. The molecule has 1 heterocycles. The average Bonchev–Trinajstić information content (AvgIpc) is 2.79.